The van der Waals surface area contributed by atoms with E-state index in [9.17, 15) is 13.7 Å². The smallest absolute Gasteiger partial charge is 0.220 e. The highest BCUT2D eigenvalue weighted by Crippen LogP contribution is 2.40. The Labute approximate surface area is 142 Å². The van der Waals surface area contributed by atoms with Gasteiger partial charge in [0.15, 0.2) is 4.91 Å². The zero-order valence-electron chi connectivity index (χ0n) is 13.8. The number of benzene rings is 2. The summed E-state index contributed by atoms with van der Waals surface area (Å²) in [5.74, 6) is 0.417. The SMILES string of the molecule is Cc1ccc2c(c1)N(c1ccc(C(C)C)cc1)C=C(C#N)S2(=O)=O. The predicted molar refractivity (Wildman–Crippen MR) is 94.7 cm³/mol. The van der Waals surface area contributed by atoms with Crippen molar-refractivity contribution in [3.05, 3.63) is 64.7 Å². The minimum Gasteiger partial charge on any atom is -0.314 e. The lowest BCUT2D eigenvalue weighted by atomic mass is 10.0. The number of hydrogen-bond donors (Lipinski definition) is 0. The number of aryl methyl sites for hydroxylation is 1. The highest BCUT2D eigenvalue weighted by Gasteiger charge is 2.32. The van der Waals surface area contributed by atoms with Crippen molar-refractivity contribution in [3.63, 3.8) is 0 Å². The summed E-state index contributed by atoms with van der Waals surface area (Å²) in [4.78, 5) is 1.69. The fraction of sp³-hybridized carbons (Fsp3) is 0.211. The summed E-state index contributed by atoms with van der Waals surface area (Å²) < 4.78 is 25.1. The number of nitriles is 1. The van der Waals surface area contributed by atoms with Gasteiger partial charge in [-0.05, 0) is 48.2 Å². The molecular weight excluding hydrogens is 320 g/mol. The molecular formula is C19H18N2O2S. The fourth-order valence-electron chi connectivity index (χ4n) is 2.74. The molecule has 0 fully saturated rings. The van der Waals surface area contributed by atoms with Gasteiger partial charge in [0.1, 0.15) is 6.07 Å². The van der Waals surface area contributed by atoms with Gasteiger partial charge in [-0.3, -0.25) is 0 Å². The first-order valence-electron chi connectivity index (χ1n) is 7.71. The maximum absolute atomic E-state index is 12.5. The molecule has 0 bridgehead atoms. The third-order valence-corrected chi connectivity index (χ3v) is 5.85. The zero-order chi connectivity index (χ0) is 17.5. The van der Waals surface area contributed by atoms with E-state index < -0.39 is 9.84 Å². The maximum Gasteiger partial charge on any atom is 0.220 e. The molecule has 3 rings (SSSR count). The van der Waals surface area contributed by atoms with Crippen molar-refractivity contribution in [2.45, 2.75) is 31.6 Å². The average Bonchev–Trinajstić information content (AvgIpc) is 2.55. The molecule has 24 heavy (non-hydrogen) atoms. The molecule has 2 aromatic rings. The van der Waals surface area contributed by atoms with Crippen LogP contribution in [0.25, 0.3) is 0 Å². The lowest BCUT2D eigenvalue weighted by molar-refractivity contribution is 0.602. The Morgan fingerprint density at radius 3 is 2.33 bits per heavy atom. The van der Waals surface area contributed by atoms with E-state index in [0.29, 0.717) is 11.6 Å². The van der Waals surface area contributed by atoms with E-state index in [1.807, 2.05) is 43.3 Å². The molecule has 0 N–H and O–H groups in total. The zero-order valence-corrected chi connectivity index (χ0v) is 14.6. The molecule has 0 unspecified atom stereocenters. The summed E-state index contributed by atoms with van der Waals surface area (Å²) in [6.45, 7) is 6.15. The van der Waals surface area contributed by atoms with Crippen LogP contribution in [0.5, 0.6) is 0 Å². The third kappa shape index (κ3) is 2.59. The maximum atomic E-state index is 12.5. The van der Waals surface area contributed by atoms with Gasteiger partial charge in [0.05, 0.1) is 10.6 Å². The van der Waals surface area contributed by atoms with Crippen molar-refractivity contribution in [2.75, 3.05) is 4.90 Å². The highest BCUT2D eigenvalue weighted by atomic mass is 32.2. The van der Waals surface area contributed by atoms with Gasteiger partial charge < -0.3 is 4.90 Å². The van der Waals surface area contributed by atoms with Crippen LogP contribution >= 0.6 is 0 Å². The highest BCUT2D eigenvalue weighted by molar-refractivity contribution is 7.95. The van der Waals surface area contributed by atoms with Gasteiger partial charge in [-0.25, -0.2) is 8.42 Å². The molecule has 0 saturated heterocycles. The first-order valence-corrected chi connectivity index (χ1v) is 9.20. The third-order valence-electron chi connectivity index (χ3n) is 4.15. The normalized spacial score (nSPS) is 15.6. The fourth-order valence-corrected chi connectivity index (χ4v) is 4.02. The quantitative estimate of drug-likeness (QED) is 0.814. The molecule has 1 aliphatic heterocycles. The molecule has 0 radical (unpaired) electrons. The van der Waals surface area contributed by atoms with Crippen molar-refractivity contribution in [1.82, 2.24) is 0 Å². The largest absolute Gasteiger partial charge is 0.314 e. The van der Waals surface area contributed by atoms with E-state index in [1.54, 1.807) is 17.0 Å². The number of hydrogen-bond acceptors (Lipinski definition) is 4. The number of allylic oxidation sites excluding steroid dienone is 1. The second-order valence-corrected chi connectivity index (χ2v) is 8.08. The Morgan fingerprint density at radius 2 is 1.75 bits per heavy atom. The molecule has 0 amide bonds. The molecule has 122 valence electrons. The van der Waals surface area contributed by atoms with Crippen molar-refractivity contribution >= 4 is 21.2 Å². The van der Waals surface area contributed by atoms with E-state index in [0.717, 1.165) is 11.3 Å². The topological polar surface area (TPSA) is 61.2 Å². The molecule has 0 aromatic heterocycles. The van der Waals surface area contributed by atoms with Crippen molar-refractivity contribution < 1.29 is 8.42 Å². The van der Waals surface area contributed by atoms with Crippen LogP contribution in [0.1, 0.15) is 30.9 Å². The van der Waals surface area contributed by atoms with Crippen LogP contribution in [-0.4, -0.2) is 8.42 Å². The van der Waals surface area contributed by atoms with E-state index >= 15 is 0 Å². The lowest BCUT2D eigenvalue weighted by Crippen LogP contribution is -2.21. The van der Waals surface area contributed by atoms with Crippen LogP contribution in [-0.2, 0) is 9.84 Å². The van der Waals surface area contributed by atoms with Crippen molar-refractivity contribution in [1.29, 1.82) is 5.26 Å². The van der Waals surface area contributed by atoms with Crippen LogP contribution in [0.15, 0.2) is 58.5 Å². The lowest BCUT2D eigenvalue weighted by Gasteiger charge is -2.28. The van der Waals surface area contributed by atoms with E-state index in [-0.39, 0.29) is 9.80 Å². The van der Waals surface area contributed by atoms with Crippen LogP contribution < -0.4 is 4.90 Å². The number of nitrogens with zero attached hydrogens (tertiary/aromatic N) is 2. The molecule has 0 spiro atoms. The van der Waals surface area contributed by atoms with E-state index in [1.165, 1.54) is 11.8 Å². The van der Waals surface area contributed by atoms with Gasteiger partial charge in [-0.2, -0.15) is 5.26 Å². The van der Waals surface area contributed by atoms with Crippen LogP contribution in [0.2, 0.25) is 0 Å². The van der Waals surface area contributed by atoms with E-state index in [2.05, 4.69) is 13.8 Å². The summed E-state index contributed by atoms with van der Waals surface area (Å²) in [7, 11) is -3.75. The van der Waals surface area contributed by atoms with Crippen LogP contribution in [0.4, 0.5) is 11.4 Å². The standard InChI is InChI=1S/C19H18N2O2S/c1-13(2)15-5-7-16(8-6-15)21-12-17(11-20)24(22,23)19-9-4-14(3)10-18(19)21/h4-10,12-13H,1-3H3. The summed E-state index contributed by atoms with van der Waals surface area (Å²) in [6.07, 6.45) is 1.40. The minimum atomic E-state index is -3.75. The Hall–Kier alpha value is -2.58. The first-order chi connectivity index (χ1) is 11.3. The minimum absolute atomic E-state index is 0.167. The number of anilines is 2. The second kappa shape index (κ2) is 5.81. The number of rotatable bonds is 2. The Kier molecular flexibility index (Phi) is 3.94. The Balaban J connectivity index is 2.21. The first kappa shape index (κ1) is 16.3. The van der Waals surface area contributed by atoms with Crippen LogP contribution in [0, 0.1) is 18.3 Å². The van der Waals surface area contributed by atoms with Gasteiger partial charge in [0.2, 0.25) is 9.84 Å². The Morgan fingerprint density at radius 1 is 1.08 bits per heavy atom. The molecule has 1 heterocycles. The van der Waals surface area contributed by atoms with E-state index in [4.69, 9.17) is 0 Å². The monoisotopic (exact) mass is 338 g/mol. The van der Waals surface area contributed by atoms with Crippen LogP contribution in [0.3, 0.4) is 0 Å². The van der Waals surface area contributed by atoms with Gasteiger partial charge >= 0.3 is 0 Å². The second-order valence-electron chi connectivity index (χ2n) is 6.20. The number of fused-ring (bicyclic) bond motifs is 1. The molecule has 1 aliphatic rings. The molecule has 5 heteroatoms. The average molecular weight is 338 g/mol. The van der Waals surface area contributed by atoms with Gasteiger partial charge in [-0.15, -0.1) is 0 Å². The molecule has 0 atom stereocenters. The molecule has 2 aromatic carbocycles. The Bertz CT molecular complexity index is 965. The molecule has 0 saturated carbocycles. The predicted octanol–water partition coefficient (Wildman–Crippen LogP) is 4.41. The van der Waals surface area contributed by atoms with Gasteiger partial charge in [0.25, 0.3) is 0 Å². The number of sulfone groups is 1. The van der Waals surface area contributed by atoms with Gasteiger partial charge in [-0.1, -0.05) is 32.0 Å². The van der Waals surface area contributed by atoms with Crippen molar-refractivity contribution in [2.24, 2.45) is 0 Å². The van der Waals surface area contributed by atoms with Crippen molar-refractivity contribution in [3.8, 4) is 6.07 Å². The summed E-state index contributed by atoms with van der Waals surface area (Å²) in [5, 5.41) is 9.26. The summed E-state index contributed by atoms with van der Waals surface area (Å²) in [6, 6.07) is 14.9. The summed E-state index contributed by atoms with van der Waals surface area (Å²) >= 11 is 0. The molecule has 4 nitrogen and oxygen atoms in total. The molecule has 0 aliphatic carbocycles. The summed E-state index contributed by atoms with van der Waals surface area (Å²) in [5.41, 5.74) is 3.57. The van der Waals surface area contributed by atoms with Gasteiger partial charge in [0, 0.05) is 11.9 Å².